The van der Waals surface area contributed by atoms with E-state index in [0.29, 0.717) is 0 Å². The van der Waals surface area contributed by atoms with Gasteiger partial charge in [-0.3, -0.25) is 0 Å². The Balaban J connectivity index is 0. The third-order valence-electron chi connectivity index (χ3n) is 2.21. The molecule has 0 aliphatic rings. The summed E-state index contributed by atoms with van der Waals surface area (Å²) in [7, 11) is 0. The highest BCUT2D eigenvalue weighted by atomic mass is 13.9. The van der Waals surface area contributed by atoms with Gasteiger partial charge in [0.15, 0.2) is 0 Å². The van der Waals surface area contributed by atoms with Crippen LogP contribution in [0.1, 0.15) is 71.6 Å². The minimum atomic E-state index is 1.37. The van der Waals surface area contributed by atoms with Crippen LogP contribution in [0.4, 0.5) is 0 Å². The molecule has 0 nitrogen and oxygen atoms in total. The maximum absolute atomic E-state index is 3.00. The van der Waals surface area contributed by atoms with Gasteiger partial charge in [-0.25, -0.2) is 0 Å². The molecule has 0 saturated carbocycles. The van der Waals surface area contributed by atoms with Crippen molar-refractivity contribution < 1.29 is 0 Å². The zero-order chi connectivity index (χ0) is 10.4. The Hall–Kier alpha value is -0.260. The maximum Gasteiger partial charge on any atom is -0.0533 e. The summed E-state index contributed by atoms with van der Waals surface area (Å²) in [6.45, 7) is 10.5. The number of unbranched alkanes of at least 4 members (excludes halogenated alkanes) is 8. The van der Waals surface area contributed by atoms with Gasteiger partial charge in [-0.15, -0.1) is 13.2 Å². The molecule has 0 saturated heterocycles. The summed E-state index contributed by atoms with van der Waals surface area (Å²) in [6, 6.07) is 0. The zero-order valence-electron chi connectivity index (χ0n) is 9.78. The van der Waals surface area contributed by atoms with Gasteiger partial charge in [0, 0.05) is 0 Å². The Morgan fingerprint density at radius 2 is 0.769 bits per heavy atom. The van der Waals surface area contributed by atoms with Crippen molar-refractivity contribution in [2.75, 3.05) is 0 Å². The summed E-state index contributed by atoms with van der Waals surface area (Å²) < 4.78 is 0. The third kappa shape index (κ3) is 18.6. The van der Waals surface area contributed by atoms with Crippen molar-refractivity contribution >= 4 is 0 Å². The van der Waals surface area contributed by atoms with Gasteiger partial charge in [0.1, 0.15) is 0 Å². The third-order valence-corrected chi connectivity index (χ3v) is 2.21. The molecule has 0 aliphatic carbocycles. The van der Waals surface area contributed by atoms with Crippen LogP contribution >= 0.6 is 0 Å². The second-order valence-electron chi connectivity index (χ2n) is 3.47. The van der Waals surface area contributed by atoms with Crippen molar-refractivity contribution in [1.29, 1.82) is 0 Å². The maximum atomic E-state index is 3.00. The number of rotatable bonds is 8. The molecule has 0 heterocycles. The predicted octanol–water partition coefficient (Wildman–Crippen LogP) is 5.34. The molecule has 0 amide bonds. The van der Waals surface area contributed by atoms with E-state index < -0.39 is 0 Å². The molecule has 0 aromatic rings. The fraction of sp³-hybridized carbons (Fsp3) is 0.846. The van der Waals surface area contributed by atoms with Crippen LogP contribution in [0, 0.1) is 0 Å². The standard InChI is InChI=1S/C11H24.C2H4/c1-3-5-7-9-11-10-8-6-4-2;1-2/h3-11H2,1-2H3;1-2H2. The molecule has 0 aromatic carbocycles. The molecular weight excluding hydrogens is 156 g/mol. The Kier molecular flexibility index (Phi) is 20.8. The molecule has 13 heavy (non-hydrogen) atoms. The van der Waals surface area contributed by atoms with Crippen LogP contribution in [0.5, 0.6) is 0 Å². The lowest BCUT2D eigenvalue weighted by Gasteiger charge is -1.98. The topological polar surface area (TPSA) is 0 Å². The largest absolute Gasteiger partial charge is 0.106 e. The second kappa shape index (κ2) is 17.7. The molecule has 0 heteroatoms. The zero-order valence-corrected chi connectivity index (χ0v) is 9.78. The summed E-state index contributed by atoms with van der Waals surface area (Å²) in [6.07, 6.45) is 13.0. The van der Waals surface area contributed by atoms with Crippen molar-refractivity contribution in [3.05, 3.63) is 13.2 Å². The minimum Gasteiger partial charge on any atom is -0.106 e. The Morgan fingerprint density at radius 3 is 1.00 bits per heavy atom. The predicted molar refractivity (Wildman–Crippen MR) is 64.2 cm³/mol. The van der Waals surface area contributed by atoms with E-state index in [9.17, 15) is 0 Å². The minimum absolute atomic E-state index is 1.37. The monoisotopic (exact) mass is 184 g/mol. The quantitative estimate of drug-likeness (QED) is 0.353. The fourth-order valence-corrected chi connectivity index (χ4v) is 1.38. The molecule has 0 spiro atoms. The van der Waals surface area contributed by atoms with Crippen molar-refractivity contribution in [3.8, 4) is 0 Å². The second-order valence-corrected chi connectivity index (χ2v) is 3.47. The molecule has 0 aromatic heterocycles. The van der Waals surface area contributed by atoms with Crippen LogP contribution in [0.15, 0.2) is 13.2 Å². The van der Waals surface area contributed by atoms with Crippen LogP contribution in [0.25, 0.3) is 0 Å². The lowest BCUT2D eigenvalue weighted by molar-refractivity contribution is 0.572. The first-order valence-corrected chi connectivity index (χ1v) is 5.91. The van der Waals surface area contributed by atoms with Gasteiger partial charge in [0.05, 0.1) is 0 Å². The average molecular weight is 184 g/mol. The Morgan fingerprint density at radius 1 is 0.538 bits per heavy atom. The van der Waals surface area contributed by atoms with Gasteiger partial charge >= 0.3 is 0 Å². The van der Waals surface area contributed by atoms with Gasteiger partial charge in [-0.05, 0) is 0 Å². The van der Waals surface area contributed by atoms with E-state index in [0.717, 1.165) is 0 Å². The lowest BCUT2D eigenvalue weighted by atomic mass is 10.1. The van der Waals surface area contributed by atoms with Crippen molar-refractivity contribution in [2.45, 2.75) is 71.6 Å². The van der Waals surface area contributed by atoms with Crippen LogP contribution in [-0.2, 0) is 0 Å². The molecule has 0 aliphatic heterocycles. The van der Waals surface area contributed by atoms with Crippen LogP contribution in [0.3, 0.4) is 0 Å². The smallest absolute Gasteiger partial charge is 0.0533 e. The van der Waals surface area contributed by atoms with Gasteiger partial charge < -0.3 is 0 Å². The van der Waals surface area contributed by atoms with Crippen LogP contribution in [0.2, 0.25) is 0 Å². The molecular formula is C13H28. The normalized spacial score (nSPS) is 9.08. The van der Waals surface area contributed by atoms with Crippen molar-refractivity contribution in [2.24, 2.45) is 0 Å². The number of hydrogen-bond acceptors (Lipinski definition) is 0. The highest BCUT2D eigenvalue weighted by Crippen LogP contribution is 2.08. The first-order valence-electron chi connectivity index (χ1n) is 5.91. The molecule has 0 fully saturated rings. The highest BCUT2D eigenvalue weighted by molar-refractivity contribution is 4.44. The van der Waals surface area contributed by atoms with E-state index in [1.807, 2.05) is 0 Å². The highest BCUT2D eigenvalue weighted by Gasteiger charge is 1.88. The fourth-order valence-electron chi connectivity index (χ4n) is 1.38. The van der Waals surface area contributed by atoms with Gasteiger partial charge in [0.2, 0.25) is 0 Å². The molecule has 0 unspecified atom stereocenters. The van der Waals surface area contributed by atoms with Crippen molar-refractivity contribution in [3.63, 3.8) is 0 Å². The summed E-state index contributed by atoms with van der Waals surface area (Å²) in [5.74, 6) is 0. The van der Waals surface area contributed by atoms with Crippen LogP contribution in [-0.4, -0.2) is 0 Å². The lowest BCUT2D eigenvalue weighted by Crippen LogP contribution is -1.79. The molecule has 0 atom stereocenters. The van der Waals surface area contributed by atoms with Crippen LogP contribution < -0.4 is 0 Å². The Labute approximate surface area is 85.4 Å². The summed E-state index contributed by atoms with van der Waals surface area (Å²) in [5, 5.41) is 0. The van der Waals surface area contributed by atoms with E-state index in [1.165, 1.54) is 57.8 Å². The van der Waals surface area contributed by atoms with E-state index in [4.69, 9.17) is 0 Å². The molecule has 80 valence electrons. The van der Waals surface area contributed by atoms with Crippen molar-refractivity contribution in [1.82, 2.24) is 0 Å². The average Bonchev–Trinajstić information content (AvgIpc) is 2.20. The summed E-state index contributed by atoms with van der Waals surface area (Å²) in [4.78, 5) is 0. The van der Waals surface area contributed by atoms with E-state index in [-0.39, 0.29) is 0 Å². The molecule has 0 radical (unpaired) electrons. The van der Waals surface area contributed by atoms with E-state index in [1.54, 1.807) is 0 Å². The molecule has 0 N–H and O–H groups in total. The SMILES string of the molecule is C=C.CCCCCCCCCCC. The van der Waals surface area contributed by atoms with Gasteiger partial charge in [-0.1, -0.05) is 71.6 Å². The first-order chi connectivity index (χ1) is 6.41. The van der Waals surface area contributed by atoms with E-state index in [2.05, 4.69) is 27.0 Å². The van der Waals surface area contributed by atoms with Gasteiger partial charge in [0.25, 0.3) is 0 Å². The molecule has 0 bridgehead atoms. The first kappa shape index (κ1) is 15.2. The number of hydrogen-bond donors (Lipinski definition) is 0. The molecule has 0 rings (SSSR count). The Bertz CT molecular complexity index is 58.4. The van der Waals surface area contributed by atoms with E-state index >= 15 is 0 Å². The van der Waals surface area contributed by atoms with Gasteiger partial charge in [-0.2, -0.15) is 0 Å². The summed E-state index contributed by atoms with van der Waals surface area (Å²) >= 11 is 0. The summed E-state index contributed by atoms with van der Waals surface area (Å²) in [5.41, 5.74) is 0.